The van der Waals surface area contributed by atoms with Crippen LogP contribution in [0.2, 0.25) is 0 Å². The molecule has 0 heterocycles. The molecule has 0 saturated heterocycles. The van der Waals surface area contributed by atoms with Gasteiger partial charge in [0.2, 0.25) is 0 Å². The van der Waals surface area contributed by atoms with E-state index in [4.69, 9.17) is 4.74 Å². The van der Waals surface area contributed by atoms with Crippen LogP contribution in [-0.4, -0.2) is 10.8 Å². The fourth-order valence-electron chi connectivity index (χ4n) is 0.779. The van der Waals surface area contributed by atoms with Gasteiger partial charge in [0.15, 0.2) is 0 Å². The molecule has 0 radical (unpaired) electrons. The first-order valence-electron chi connectivity index (χ1n) is 3.55. The Morgan fingerprint density at radius 1 is 1.36 bits per heavy atom. The number of benzene rings is 1. The van der Waals surface area contributed by atoms with Gasteiger partial charge in [0, 0.05) is 0 Å². The molecule has 2 heteroatoms. The van der Waals surface area contributed by atoms with Crippen molar-refractivity contribution < 1.29 is 23.2 Å². The van der Waals surface area contributed by atoms with Gasteiger partial charge in [-0.25, -0.2) is 0 Å². The van der Waals surface area contributed by atoms with Crippen molar-refractivity contribution in [3.05, 3.63) is 35.9 Å². The Balaban J connectivity index is 2.69. The summed E-state index contributed by atoms with van der Waals surface area (Å²) in [5.41, 5.74) is 1.15. The van der Waals surface area contributed by atoms with Gasteiger partial charge in [-0.2, -0.15) is 0 Å². The summed E-state index contributed by atoms with van der Waals surface area (Å²) in [6.45, 7) is 2.72. The summed E-state index contributed by atoms with van der Waals surface area (Å²) in [6, 6.07) is 10.1. The van der Waals surface area contributed by atoms with E-state index < -0.39 is 0 Å². The number of rotatable bonds is 3. The SMILES string of the molecule is CCO[C](=[Tc])c1ccccc1. The Bertz CT molecular complexity index is 231. The van der Waals surface area contributed by atoms with Gasteiger partial charge < -0.3 is 0 Å². The van der Waals surface area contributed by atoms with Crippen molar-refractivity contribution in [1.82, 2.24) is 0 Å². The van der Waals surface area contributed by atoms with Crippen LogP contribution in [0.1, 0.15) is 12.5 Å². The molecule has 0 aromatic heterocycles. The van der Waals surface area contributed by atoms with Crippen molar-refractivity contribution in [3.63, 3.8) is 0 Å². The van der Waals surface area contributed by atoms with Crippen molar-refractivity contribution in [3.8, 4) is 0 Å². The zero-order valence-corrected chi connectivity index (χ0v) is 8.24. The normalized spacial score (nSPS) is 9.55. The first kappa shape index (κ1) is 8.79. The molecule has 0 aliphatic carbocycles. The van der Waals surface area contributed by atoms with Crippen molar-refractivity contribution in [2.45, 2.75) is 6.92 Å². The Morgan fingerprint density at radius 3 is 2.55 bits per heavy atom. The van der Waals surface area contributed by atoms with Crippen LogP contribution in [0.25, 0.3) is 0 Å². The fraction of sp³-hybridized carbons (Fsp3) is 0.222. The summed E-state index contributed by atoms with van der Waals surface area (Å²) in [7, 11) is 0. The predicted octanol–water partition coefficient (Wildman–Crippen LogP) is 1.75. The van der Waals surface area contributed by atoms with E-state index in [1.54, 1.807) is 0 Å². The Labute approximate surface area is 77.1 Å². The topological polar surface area (TPSA) is 9.23 Å². The van der Waals surface area contributed by atoms with Gasteiger partial charge in [-0.1, -0.05) is 0 Å². The van der Waals surface area contributed by atoms with Crippen LogP contribution in [-0.2, 0) is 23.2 Å². The van der Waals surface area contributed by atoms with E-state index in [-0.39, 0.29) is 0 Å². The summed E-state index contributed by atoms with van der Waals surface area (Å²) in [5, 5.41) is 0. The van der Waals surface area contributed by atoms with Crippen LogP contribution >= 0.6 is 0 Å². The molecule has 59 valence electrons. The molecule has 0 fully saturated rings. The third-order valence-corrected chi connectivity index (χ3v) is 2.08. The summed E-state index contributed by atoms with van der Waals surface area (Å²) < 4.78 is 6.29. The standard InChI is InChI=1S/C9H10O.Tc/c1-2-10-8-9-6-4-3-5-7-9;/h3-7H,2H2,1H3;. The molecule has 0 amide bonds. The van der Waals surface area contributed by atoms with Crippen molar-refractivity contribution in [2.75, 3.05) is 6.61 Å². The van der Waals surface area contributed by atoms with E-state index in [1.165, 1.54) is 0 Å². The molecule has 0 aliphatic rings. The molecule has 11 heavy (non-hydrogen) atoms. The third kappa shape index (κ3) is 2.66. The zero-order chi connectivity index (χ0) is 8.10. The molecule has 0 bridgehead atoms. The maximum atomic E-state index is 5.33. The summed E-state index contributed by atoms with van der Waals surface area (Å²) in [6.07, 6.45) is 0. The Morgan fingerprint density at radius 2 is 2.00 bits per heavy atom. The van der Waals surface area contributed by atoms with E-state index in [0.29, 0.717) is 0 Å². The van der Waals surface area contributed by atoms with Crippen LogP contribution in [0.15, 0.2) is 30.3 Å². The molecule has 0 N–H and O–H groups in total. The molecule has 1 aromatic carbocycles. The molecule has 0 spiro atoms. The van der Waals surface area contributed by atoms with Crippen molar-refractivity contribution >= 4 is 4.21 Å². The first-order valence-corrected chi connectivity index (χ1v) is 4.48. The molecule has 0 saturated carbocycles. The maximum absolute atomic E-state index is 5.33. The van der Waals surface area contributed by atoms with E-state index in [0.717, 1.165) is 16.4 Å². The molecule has 0 atom stereocenters. The average Bonchev–Trinajstić information content (AvgIpc) is 2.07. The fourth-order valence-corrected chi connectivity index (χ4v) is 1.36. The second-order valence-electron chi connectivity index (χ2n) is 2.07. The van der Waals surface area contributed by atoms with Gasteiger partial charge in [0.25, 0.3) is 0 Å². The van der Waals surface area contributed by atoms with Gasteiger partial charge in [-0.05, 0) is 0 Å². The molecule has 0 unspecified atom stereocenters. The van der Waals surface area contributed by atoms with E-state index in [9.17, 15) is 0 Å². The van der Waals surface area contributed by atoms with Crippen LogP contribution in [0, 0.1) is 0 Å². The quantitative estimate of drug-likeness (QED) is 0.771. The first-order chi connectivity index (χ1) is 5.34. The molecular weight excluding hydrogens is 222 g/mol. The van der Waals surface area contributed by atoms with Gasteiger partial charge in [-0.3, -0.25) is 0 Å². The molecule has 1 nitrogen and oxygen atoms in total. The van der Waals surface area contributed by atoms with E-state index in [2.05, 4.69) is 18.4 Å². The van der Waals surface area contributed by atoms with Crippen LogP contribution in [0.4, 0.5) is 0 Å². The van der Waals surface area contributed by atoms with Crippen LogP contribution < -0.4 is 0 Å². The zero-order valence-electron chi connectivity index (χ0n) is 6.38. The average molecular weight is 232 g/mol. The van der Waals surface area contributed by atoms with Crippen molar-refractivity contribution in [1.29, 1.82) is 0 Å². The Hall–Kier alpha value is -0.301. The minimum atomic E-state index is 0.729. The van der Waals surface area contributed by atoms with Gasteiger partial charge in [0.1, 0.15) is 0 Å². The molecule has 1 aromatic rings. The van der Waals surface area contributed by atoms with Gasteiger partial charge in [0.05, 0.1) is 0 Å². The molecule has 1 rings (SSSR count). The molecule has 0 aliphatic heterocycles. The number of hydrogen-bond donors (Lipinski definition) is 0. The monoisotopic (exact) mass is 231 g/mol. The summed E-state index contributed by atoms with van der Waals surface area (Å²) in [5.74, 6) is 0. The molecular formula is C9H10OTc. The number of hydrogen-bond acceptors (Lipinski definition) is 1. The van der Waals surface area contributed by atoms with Gasteiger partial charge in [-0.15, -0.1) is 0 Å². The van der Waals surface area contributed by atoms with E-state index >= 15 is 0 Å². The second-order valence-corrected chi connectivity index (χ2v) is 2.92. The van der Waals surface area contributed by atoms with Gasteiger partial charge >= 0.3 is 76.8 Å². The summed E-state index contributed by atoms with van der Waals surface area (Å²) >= 11 is 2.20. The Kier molecular flexibility index (Phi) is 3.64. The minimum absolute atomic E-state index is 0.729. The third-order valence-electron chi connectivity index (χ3n) is 1.27. The van der Waals surface area contributed by atoms with Crippen molar-refractivity contribution in [2.24, 2.45) is 0 Å². The summed E-state index contributed by atoms with van der Waals surface area (Å²) in [4.78, 5) is 0. The van der Waals surface area contributed by atoms with E-state index in [1.807, 2.05) is 37.3 Å². The second kappa shape index (κ2) is 4.55. The predicted molar refractivity (Wildman–Crippen MR) is 42.2 cm³/mol. The van der Waals surface area contributed by atoms with Crippen LogP contribution in [0.3, 0.4) is 0 Å². The van der Waals surface area contributed by atoms with Crippen LogP contribution in [0.5, 0.6) is 0 Å². The number of ether oxygens (including phenoxy) is 1.